The zero-order valence-corrected chi connectivity index (χ0v) is 8.82. The van der Waals surface area contributed by atoms with Gasteiger partial charge in [0.05, 0.1) is 11.7 Å². The van der Waals surface area contributed by atoms with Crippen molar-refractivity contribution < 1.29 is 15.0 Å². The van der Waals surface area contributed by atoms with Crippen LogP contribution in [0.4, 0.5) is 5.82 Å². The standard InChI is InChI=1S/C9H11ClN2O3/c1-5(13)4-11-8-3-6(9(14)15)2-7(10)12-8/h2-3,5,13H,4H2,1H3,(H,11,12)(H,14,15). The summed E-state index contributed by atoms with van der Waals surface area (Å²) in [4.78, 5) is 14.5. The van der Waals surface area contributed by atoms with E-state index in [1.807, 2.05) is 0 Å². The molecule has 6 heteroatoms. The van der Waals surface area contributed by atoms with Crippen LogP contribution in [-0.4, -0.2) is 33.8 Å². The first-order chi connectivity index (χ1) is 6.99. The highest BCUT2D eigenvalue weighted by atomic mass is 35.5. The molecule has 0 radical (unpaired) electrons. The molecule has 1 unspecified atom stereocenters. The Balaban J connectivity index is 2.84. The molecule has 0 bridgehead atoms. The van der Waals surface area contributed by atoms with Gasteiger partial charge in [0.15, 0.2) is 0 Å². The van der Waals surface area contributed by atoms with Crippen molar-refractivity contribution in [3.63, 3.8) is 0 Å². The van der Waals surface area contributed by atoms with E-state index in [0.717, 1.165) is 0 Å². The lowest BCUT2D eigenvalue weighted by molar-refractivity contribution is 0.0697. The van der Waals surface area contributed by atoms with E-state index in [4.69, 9.17) is 21.8 Å². The van der Waals surface area contributed by atoms with Gasteiger partial charge in [-0.25, -0.2) is 9.78 Å². The lowest BCUT2D eigenvalue weighted by Gasteiger charge is -2.08. The molecule has 0 aliphatic rings. The predicted octanol–water partition coefficient (Wildman–Crippen LogP) is 1.23. The number of anilines is 1. The zero-order valence-electron chi connectivity index (χ0n) is 8.07. The maximum atomic E-state index is 10.7. The minimum Gasteiger partial charge on any atom is -0.478 e. The van der Waals surface area contributed by atoms with E-state index in [9.17, 15) is 4.79 Å². The van der Waals surface area contributed by atoms with E-state index >= 15 is 0 Å². The third kappa shape index (κ3) is 3.73. The number of halogens is 1. The van der Waals surface area contributed by atoms with E-state index in [0.29, 0.717) is 5.82 Å². The van der Waals surface area contributed by atoms with Gasteiger partial charge in [-0.05, 0) is 19.1 Å². The van der Waals surface area contributed by atoms with Crippen LogP contribution in [0, 0.1) is 0 Å². The van der Waals surface area contributed by atoms with Crippen LogP contribution in [0.25, 0.3) is 0 Å². The average molecular weight is 231 g/mol. The van der Waals surface area contributed by atoms with Crippen molar-refractivity contribution in [3.8, 4) is 0 Å². The van der Waals surface area contributed by atoms with E-state index < -0.39 is 12.1 Å². The van der Waals surface area contributed by atoms with E-state index in [1.165, 1.54) is 12.1 Å². The van der Waals surface area contributed by atoms with Crippen molar-refractivity contribution in [2.24, 2.45) is 0 Å². The summed E-state index contributed by atoms with van der Waals surface area (Å²) in [6, 6.07) is 2.62. The number of hydrogen-bond acceptors (Lipinski definition) is 4. The Morgan fingerprint density at radius 2 is 2.33 bits per heavy atom. The van der Waals surface area contributed by atoms with Crippen LogP contribution >= 0.6 is 11.6 Å². The lowest BCUT2D eigenvalue weighted by atomic mass is 10.2. The summed E-state index contributed by atoms with van der Waals surface area (Å²) in [5, 5.41) is 20.6. The van der Waals surface area contributed by atoms with Crippen molar-refractivity contribution in [1.82, 2.24) is 4.98 Å². The van der Waals surface area contributed by atoms with Crippen LogP contribution in [0.5, 0.6) is 0 Å². The van der Waals surface area contributed by atoms with Gasteiger partial charge < -0.3 is 15.5 Å². The summed E-state index contributed by atoms with van der Waals surface area (Å²) in [7, 11) is 0. The van der Waals surface area contributed by atoms with Crippen molar-refractivity contribution in [1.29, 1.82) is 0 Å². The van der Waals surface area contributed by atoms with Crippen molar-refractivity contribution in [2.75, 3.05) is 11.9 Å². The van der Waals surface area contributed by atoms with Gasteiger partial charge in [0.2, 0.25) is 0 Å². The first-order valence-corrected chi connectivity index (χ1v) is 4.69. The number of aliphatic hydroxyl groups is 1. The zero-order chi connectivity index (χ0) is 11.4. The highest BCUT2D eigenvalue weighted by Gasteiger charge is 2.07. The molecule has 0 aliphatic carbocycles. The lowest BCUT2D eigenvalue weighted by Crippen LogP contribution is -2.16. The normalized spacial score (nSPS) is 12.2. The topological polar surface area (TPSA) is 82.5 Å². The second-order valence-corrected chi connectivity index (χ2v) is 3.49. The second kappa shape index (κ2) is 4.95. The molecule has 0 saturated carbocycles. The number of nitrogens with one attached hydrogen (secondary N) is 1. The third-order valence-electron chi connectivity index (χ3n) is 1.62. The first-order valence-electron chi connectivity index (χ1n) is 4.32. The number of aromatic carboxylic acids is 1. The van der Waals surface area contributed by atoms with Crippen molar-refractivity contribution in [2.45, 2.75) is 13.0 Å². The molecule has 0 aromatic carbocycles. The van der Waals surface area contributed by atoms with Gasteiger partial charge in [0.1, 0.15) is 11.0 Å². The monoisotopic (exact) mass is 230 g/mol. The van der Waals surface area contributed by atoms with Gasteiger partial charge in [-0.2, -0.15) is 0 Å². The summed E-state index contributed by atoms with van der Waals surface area (Å²) < 4.78 is 0. The largest absolute Gasteiger partial charge is 0.478 e. The van der Waals surface area contributed by atoms with Crippen LogP contribution in [0.15, 0.2) is 12.1 Å². The van der Waals surface area contributed by atoms with E-state index in [-0.39, 0.29) is 17.3 Å². The maximum Gasteiger partial charge on any atom is 0.335 e. The molecule has 1 aromatic rings. The summed E-state index contributed by atoms with van der Waals surface area (Å²) in [6.07, 6.45) is -0.543. The van der Waals surface area contributed by atoms with Crippen LogP contribution in [0.2, 0.25) is 5.15 Å². The summed E-state index contributed by atoms with van der Waals surface area (Å²) in [5.74, 6) is -0.736. The molecule has 0 amide bonds. The Hall–Kier alpha value is -1.33. The number of aromatic nitrogens is 1. The molecular formula is C9H11ClN2O3. The van der Waals surface area contributed by atoms with Crippen LogP contribution in [0.1, 0.15) is 17.3 Å². The van der Waals surface area contributed by atoms with Crippen LogP contribution in [0.3, 0.4) is 0 Å². The Kier molecular flexibility index (Phi) is 3.88. The molecule has 1 atom stereocenters. The summed E-state index contributed by atoms with van der Waals surface area (Å²) in [5.41, 5.74) is 0.0584. The molecular weight excluding hydrogens is 220 g/mol. The van der Waals surface area contributed by atoms with Gasteiger partial charge in [-0.15, -0.1) is 0 Å². The molecule has 82 valence electrons. The molecule has 15 heavy (non-hydrogen) atoms. The van der Waals surface area contributed by atoms with E-state index in [2.05, 4.69) is 10.3 Å². The maximum absolute atomic E-state index is 10.7. The van der Waals surface area contributed by atoms with Crippen LogP contribution < -0.4 is 5.32 Å². The first kappa shape index (κ1) is 11.7. The smallest absolute Gasteiger partial charge is 0.335 e. The molecule has 3 N–H and O–H groups in total. The fraction of sp³-hybridized carbons (Fsp3) is 0.333. The highest BCUT2D eigenvalue weighted by molar-refractivity contribution is 6.29. The number of carbonyl (C=O) groups is 1. The Morgan fingerprint density at radius 3 is 2.87 bits per heavy atom. The molecule has 0 spiro atoms. The second-order valence-electron chi connectivity index (χ2n) is 3.10. The molecule has 5 nitrogen and oxygen atoms in total. The molecule has 0 aliphatic heterocycles. The quantitative estimate of drug-likeness (QED) is 0.678. The predicted molar refractivity (Wildman–Crippen MR) is 56.4 cm³/mol. The summed E-state index contributed by atoms with van der Waals surface area (Å²) in [6.45, 7) is 1.89. The summed E-state index contributed by atoms with van der Waals surface area (Å²) >= 11 is 5.63. The number of carboxylic acids is 1. The average Bonchev–Trinajstić information content (AvgIpc) is 2.13. The molecule has 1 heterocycles. The minimum absolute atomic E-state index is 0.0584. The number of carboxylic acid groups (broad SMARTS) is 1. The number of hydrogen-bond donors (Lipinski definition) is 3. The number of rotatable bonds is 4. The SMILES string of the molecule is CC(O)CNc1cc(C(=O)O)cc(Cl)n1. The van der Waals surface area contributed by atoms with Crippen molar-refractivity contribution in [3.05, 3.63) is 22.8 Å². The highest BCUT2D eigenvalue weighted by Crippen LogP contribution is 2.14. The number of nitrogens with zero attached hydrogens (tertiary/aromatic N) is 1. The Bertz CT molecular complexity index is 368. The Labute approximate surface area is 91.7 Å². The van der Waals surface area contributed by atoms with E-state index in [1.54, 1.807) is 6.92 Å². The van der Waals surface area contributed by atoms with Crippen molar-refractivity contribution >= 4 is 23.4 Å². The number of pyridine rings is 1. The molecule has 0 fully saturated rings. The van der Waals surface area contributed by atoms with Gasteiger partial charge in [0, 0.05) is 6.54 Å². The van der Waals surface area contributed by atoms with Gasteiger partial charge >= 0.3 is 5.97 Å². The number of aliphatic hydroxyl groups excluding tert-OH is 1. The molecule has 1 rings (SSSR count). The minimum atomic E-state index is -1.07. The Morgan fingerprint density at radius 1 is 1.67 bits per heavy atom. The molecule has 0 saturated heterocycles. The third-order valence-corrected chi connectivity index (χ3v) is 1.81. The fourth-order valence-corrected chi connectivity index (χ4v) is 1.17. The van der Waals surface area contributed by atoms with Gasteiger partial charge in [-0.3, -0.25) is 0 Å². The van der Waals surface area contributed by atoms with Crippen LogP contribution in [-0.2, 0) is 0 Å². The van der Waals surface area contributed by atoms with Gasteiger partial charge in [0.25, 0.3) is 0 Å². The van der Waals surface area contributed by atoms with Gasteiger partial charge in [-0.1, -0.05) is 11.6 Å². The fourth-order valence-electron chi connectivity index (χ4n) is 0.963. The molecule has 1 aromatic heterocycles.